The van der Waals surface area contributed by atoms with E-state index >= 15 is 0 Å². The van der Waals surface area contributed by atoms with E-state index in [1.54, 1.807) is 36.4 Å². The molecule has 0 spiro atoms. The fraction of sp³-hybridized carbons (Fsp3) is 0.250. The maximum Gasteiger partial charge on any atom is 0.175 e. The summed E-state index contributed by atoms with van der Waals surface area (Å²) in [6, 6.07) is 13.2. The van der Waals surface area contributed by atoms with Gasteiger partial charge in [0.05, 0.1) is 4.90 Å². The first kappa shape index (κ1) is 15.7. The van der Waals surface area contributed by atoms with Crippen LogP contribution in [0.25, 0.3) is 0 Å². The lowest BCUT2D eigenvalue weighted by Crippen LogP contribution is -2.18. The molecule has 0 aliphatic heterocycles. The highest BCUT2D eigenvalue weighted by Crippen LogP contribution is 2.16. The lowest BCUT2D eigenvalue weighted by atomic mass is 10.1. The van der Waals surface area contributed by atoms with Crippen molar-refractivity contribution in [2.45, 2.75) is 24.4 Å². The minimum atomic E-state index is -3.16. The van der Waals surface area contributed by atoms with Gasteiger partial charge in [0.1, 0.15) is 5.82 Å². The second-order valence-corrected chi connectivity index (χ2v) is 7.09. The van der Waals surface area contributed by atoms with Crippen LogP contribution in [0.1, 0.15) is 24.1 Å². The van der Waals surface area contributed by atoms with E-state index < -0.39 is 9.84 Å². The van der Waals surface area contributed by atoms with E-state index in [0.29, 0.717) is 11.4 Å². The van der Waals surface area contributed by atoms with Crippen molar-refractivity contribution < 1.29 is 12.8 Å². The lowest BCUT2D eigenvalue weighted by Gasteiger charge is -2.14. The molecule has 0 aromatic heterocycles. The van der Waals surface area contributed by atoms with Gasteiger partial charge in [-0.3, -0.25) is 0 Å². The van der Waals surface area contributed by atoms with Crippen LogP contribution in [-0.4, -0.2) is 14.7 Å². The van der Waals surface area contributed by atoms with Gasteiger partial charge in [-0.2, -0.15) is 0 Å². The number of rotatable bonds is 5. The summed E-state index contributed by atoms with van der Waals surface area (Å²) in [6.45, 7) is 2.62. The Morgan fingerprint density at radius 1 is 1.05 bits per heavy atom. The monoisotopic (exact) mass is 307 g/mol. The maximum atomic E-state index is 12.8. The van der Waals surface area contributed by atoms with Gasteiger partial charge in [-0.1, -0.05) is 24.3 Å². The van der Waals surface area contributed by atoms with Crippen molar-refractivity contribution in [3.63, 3.8) is 0 Å². The average molecular weight is 307 g/mol. The molecule has 1 N–H and O–H groups in total. The van der Waals surface area contributed by atoms with Crippen molar-refractivity contribution in [2.24, 2.45) is 0 Å². The third-order valence-corrected chi connectivity index (χ3v) is 4.46. The molecule has 0 saturated carbocycles. The summed E-state index contributed by atoms with van der Waals surface area (Å²) in [6.07, 6.45) is 1.19. The number of benzene rings is 2. The van der Waals surface area contributed by atoms with Crippen LogP contribution in [0.15, 0.2) is 53.4 Å². The molecule has 2 rings (SSSR count). The van der Waals surface area contributed by atoms with E-state index in [2.05, 4.69) is 5.32 Å². The highest BCUT2D eigenvalue weighted by molar-refractivity contribution is 7.90. The highest BCUT2D eigenvalue weighted by atomic mass is 32.2. The van der Waals surface area contributed by atoms with Gasteiger partial charge >= 0.3 is 0 Å². The zero-order valence-electron chi connectivity index (χ0n) is 12.0. The number of halogens is 1. The largest absolute Gasteiger partial charge is 0.306 e. The van der Waals surface area contributed by atoms with Crippen LogP contribution in [0.3, 0.4) is 0 Å². The van der Waals surface area contributed by atoms with Gasteiger partial charge < -0.3 is 5.32 Å². The van der Waals surface area contributed by atoms with Crippen LogP contribution in [0.2, 0.25) is 0 Å². The summed E-state index contributed by atoms with van der Waals surface area (Å²) >= 11 is 0. The molecule has 5 heteroatoms. The Morgan fingerprint density at radius 2 is 1.62 bits per heavy atom. The van der Waals surface area contributed by atoms with Gasteiger partial charge in [-0.25, -0.2) is 12.8 Å². The Hall–Kier alpha value is -1.72. The van der Waals surface area contributed by atoms with Crippen LogP contribution in [0.4, 0.5) is 4.39 Å². The number of hydrogen-bond donors (Lipinski definition) is 1. The van der Waals surface area contributed by atoms with E-state index in [-0.39, 0.29) is 11.9 Å². The first-order chi connectivity index (χ1) is 9.86. The van der Waals surface area contributed by atoms with E-state index in [4.69, 9.17) is 0 Å². The van der Waals surface area contributed by atoms with Gasteiger partial charge in [0.2, 0.25) is 0 Å². The molecule has 0 aliphatic carbocycles. The van der Waals surface area contributed by atoms with E-state index in [1.165, 1.54) is 18.4 Å². The van der Waals surface area contributed by atoms with Gasteiger partial charge in [0.15, 0.2) is 9.84 Å². The SMILES string of the molecule is C[C@H](NCc1ccc(F)cc1)c1ccc(S(C)(=O)=O)cc1. The van der Waals surface area contributed by atoms with Crippen LogP contribution in [0.5, 0.6) is 0 Å². The molecular weight excluding hydrogens is 289 g/mol. The predicted octanol–water partition coefficient (Wildman–Crippen LogP) is 3.08. The van der Waals surface area contributed by atoms with Gasteiger partial charge in [-0.15, -0.1) is 0 Å². The maximum absolute atomic E-state index is 12.8. The van der Waals surface area contributed by atoms with Crippen LogP contribution >= 0.6 is 0 Å². The third kappa shape index (κ3) is 4.37. The molecule has 3 nitrogen and oxygen atoms in total. The minimum absolute atomic E-state index is 0.0728. The number of nitrogens with one attached hydrogen (secondary N) is 1. The summed E-state index contributed by atoms with van der Waals surface area (Å²) in [5.74, 6) is -0.247. The highest BCUT2D eigenvalue weighted by Gasteiger charge is 2.09. The predicted molar refractivity (Wildman–Crippen MR) is 81.2 cm³/mol. The summed E-state index contributed by atoms with van der Waals surface area (Å²) < 4.78 is 35.6. The van der Waals surface area contributed by atoms with E-state index in [9.17, 15) is 12.8 Å². The van der Waals surface area contributed by atoms with Crippen LogP contribution in [-0.2, 0) is 16.4 Å². The summed E-state index contributed by atoms with van der Waals surface area (Å²) in [4.78, 5) is 0.317. The molecule has 0 aliphatic rings. The Kier molecular flexibility index (Phi) is 4.75. The van der Waals surface area contributed by atoms with Crippen molar-refractivity contribution in [2.75, 3.05) is 6.26 Å². The molecule has 1 atom stereocenters. The minimum Gasteiger partial charge on any atom is -0.306 e. The molecule has 0 bridgehead atoms. The van der Waals surface area contributed by atoms with E-state index in [0.717, 1.165) is 11.1 Å². The number of hydrogen-bond acceptors (Lipinski definition) is 3. The van der Waals surface area contributed by atoms with Crippen molar-refractivity contribution in [3.8, 4) is 0 Å². The molecule has 0 radical (unpaired) electrons. The molecule has 0 amide bonds. The fourth-order valence-corrected chi connectivity index (χ4v) is 2.63. The van der Waals surface area contributed by atoms with Gasteiger partial charge in [-0.05, 0) is 42.3 Å². The second kappa shape index (κ2) is 6.37. The summed E-state index contributed by atoms with van der Waals surface area (Å²) in [5, 5.41) is 3.32. The summed E-state index contributed by atoms with van der Waals surface area (Å²) in [5.41, 5.74) is 2.00. The van der Waals surface area contributed by atoms with Crippen molar-refractivity contribution in [1.29, 1.82) is 0 Å². The van der Waals surface area contributed by atoms with Gasteiger partial charge in [0.25, 0.3) is 0 Å². The number of sulfone groups is 1. The van der Waals surface area contributed by atoms with Crippen molar-refractivity contribution in [1.82, 2.24) is 5.32 Å². The molecule has 0 unspecified atom stereocenters. The normalized spacial score (nSPS) is 13.1. The van der Waals surface area contributed by atoms with Crippen molar-refractivity contribution in [3.05, 3.63) is 65.5 Å². The molecular formula is C16H18FNO2S. The second-order valence-electron chi connectivity index (χ2n) is 5.07. The third-order valence-electron chi connectivity index (χ3n) is 3.33. The van der Waals surface area contributed by atoms with E-state index in [1.807, 2.05) is 6.92 Å². The Balaban J connectivity index is 2.00. The zero-order chi connectivity index (χ0) is 15.5. The zero-order valence-corrected chi connectivity index (χ0v) is 12.8. The molecule has 0 saturated heterocycles. The Bertz CT molecular complexity index is 694. The molecule has 21 heavy (non-hydrogen) atoms. The smallest absolute Gasteiger partial charge is 0.175 e. The van der Waals surface area contributed by atoms with Crippen LogP contribution < -0.4 is 5.32 Å². The first-order valence-corrected chi connectivity index (χ1v) is 8.53. The molecule has 112 valence electrons. The molecule has 0 heterocycles. The van der Waals surface area contributed by atoms with Crippen LogP contribution in [0, 0.1) is 5.82 Å². The topological polar surface area (TPSA) is 46.2 Å². The Morgan fingerprint density at radius 3 is 2.14 bits per heavy atom. The summed E-state index contributed by atoms with van der Waals surface area (Å²) in [7, 11) is -3.16. The van der Waals surface area contributed by atoms with Gasteiger partial charge in [0, 0.05) is 18.8 Å². The lowest BCUT2D eigenvalue weighted by molar-refractivity contribution is 0.572. The average Bonchev–Trinajstić information content (AvgIpc) is 2.45. The molecule has 2 aromatic rings. The Labute approximate surface area is 124 Å². The van der Waals surface area contributed by atoms with Crippen molar-refractivity contribution >= 4 is 9.84 Å². The first-order valence-electron chi connectivity index (χ1n) is 6.64. The molecule has 0 fully saturated rings. The standard InChI is InChI=1S/C16H18FNO2S/c1-12(18-11-13-3-7-15(17)8-4-13)14-5-9-16(10-6-14)21(2,19)20/h3-10,12,18H,11H2,1-2H3/t12-/m0/s1. The molecule has 2 aromatic carbocycles. The fourth-order valence-electron chi connectivity index (χ4n) is 1.99. The quantitative estimate of drug-likeness (QED) is 0.923.